The van der Waals surface area contributed by atoms with Crippen LogP contribution in [-0.2, 0) is 22.5 Å². The number of urea groups is 1. The highest BCUT2D eigenvalue weighted by atomic mass is 35.5. The lowest BCUT2D eigenvalue weighted by molar-refractivity contribution is -0.120. The molecule has 0 atom stereocenters. The number of benzene rings is 2. The van der Waals surface area contributed by atoms with Crippen LogP contribution in [0.1, 0.15) is 18.9 Å². The van der Waals surface area contributed by atoms with Crippen molar-refractivity contribution in [2.75, 3.05) is 50.0 Å². The number of aryl methyl sites for hydroxylation is 1. The van der Waals surface area contributed by atoms with Gasteiger partial charge in [-0.05, 0) is 48.7 Å². The number of carbonyl (C=O) groups excluding carboxylic acids is 2. The van der Waals surface area contributed by atoms with Gasteiger partial charge in [-0.3, -0.25) is 19.5 Å². The molecule has 2 aromatic carbocycles. The van der Waals surface area contributed by atoms with E-state index in [1.54, 1.807) is 6.92 Å². The van der Waals surface area contributed by atoms with Crippen LogP contribution in [-0.4, -0.2) is 71.0 Å². The Morgan fingerprint density at radius 1 is 0.935 bits per heavy atom. The minimum absolute atomic E-state index is 0.00100. The molecule has 0 bridgehead atoms. The average molecular weight is 665 g/mol. The summed E-state index contributed by atoms with van der Waals surface area (Å²) >= 11 is 12.2. The molecule has 240 valence electrons. The lowest BCUT2D eigenvalue weighted by Gasteiger charge is -2.26. The number of morpholine rings is 1. The monoisotopic (exact) mass is 663 g/mol. The normalized spacial score (nSPS) is 13.3. The Morgan fingerprint density at radius 2 is 1.65 bits per heavy atom. The van der Waals surface area contributed by atoms with Gasteiger partial charge in [-0.2, -0.15) is 5.10 Å². The molecule has 0 saturated carbocycles. The van der Waals surface area contributed by atoms with Gasteiger partial charge in [0.25, 0.3) is 5.56 Å². The van der Waals surface area contributed by atoms with Crippen LogP contribution in [0.4, 0.5) is 16.2 Å². The Balaban J connectivity index is 1.24. The smallest absolute Gasteiger partial charge is 0.323 e. The molecule has 0 radical (unpaired) electrons. The van der Waals surface area contributed by atoms with Crippen LogP contribution in [0.25, 0.3) is 22.4 Å². The molecule has 1 aliphatic heterocycles. The highest BCUT2D eigenvalue weighted by Crippen LogP contribution is 2.29. The first kappa shape index (κ1) is 33.1. The number of hydrogen-bond acceptors (Lipinski definition) is 7. The van der Waals surface area contributed by atoms with Gasteiger partial charge < -0.3 is 20.7 Å². The molecule has 1 fully saturated rings. The average Bonchev–Trinajstić information content (AvgIpc) is 3.07. The predicted molar refractivity (Wildman–Crippen MR) is 181 cm³/mol. The second-order valence-electron chi connectivity index (χ2n) is 10.7. The number of nitrogens with one attached hydrogen (secondary N) is 3. The maximum atomic E-state index is 13.0. The van der Waals surface area contributed by atoms with Gasteiger partial charge in [0, 0.05) is 44.1 Å². The number of halogens is 2. The summed E-state index contributed by atoms with van der Waals surface area (Å²) in [6, 6.07) is 16.4. The number of ether oxygens (including phenoxy) is 1. The van der Waals surface area contributed by atoms with Crippen molar-refractivity contribution in [1.82, 2.24) is 25.0 Å². The largest absolute Gasteiger partial charge is 0.379 e. The van der Waals surface area contributed by atoms with Crippen molar-refractivity contribution < 1.29 is 14.3 Å². The first-order valence-corrected chi connectivity index (χ1v) is 15.8. The van der Waals surface area contributed by atoms with Crippen molar-refractivity contribution in [2.45, 2.75) is 26.3 Å². The number of rotatable bonds is 11. The second kappa shape index (κ2) is 15.8. The zero-order valence-electron chi connectivity index (χ0n) is 25.4. The number of aromatic nitrogens is 3. The standard InChI is InChI=1S/C33H35Cl2N7O4/c1-2-42-32(44)29(38-33(45)39-31-26(34)20-36-21-27(31)35)19-28(40-42)25-6-3-5-24(18-25)23-9-7-22(8-10-23)17-30(43)37-11-4-12-41-13-15-46-16-14-41/h3,5-10,18-21H,2,4,11-17H2,1H3,(H,37,43)(H2,36,38,39,45). The summed E-state index contributed by atoms with van der Waals surface area (Å²) in [4.78, 5) is 44.5. The van der Waals surface area contributed by atoms with Gasteiger partial charge in [0.1, 0.15) is 5.69 Å². The molecule has 3 heterocycles. The molecule has 46 heavy (non-hydrogen) atoms. The number of anilines is 2. The summed E-state index contributed by atoms with van der Waals surface area (Å²) in [5.41, 5.74) is 3.84. The van der Waals surface area contributed by atoms with E-state index < -0.39 is 11.6 Å². The number of nitrogens with zero attached hydrogens (tertiary/aromatic N) is 4. The highest BCUT2D eigenvalue weighted by molar-refractivity contribution is 6.39. The molecule has 0 unspecified atom stereocenters. The second-order valence-corrected chi connectivity index (χ2v) is 11.5. The van der Waals surface area contributed by atoms with Crippen LogP contribution in [0.15, 0.2) is 71.8 Å². The number of amides is 3. The first-order valence-electron chi connectivity index (χ1n) is 15.1. The summed E-state index contributed by atoms with van der Waals surface area (Å²) in [6.45, 7) is 7.14. The third-order valence-corrected chi connectivity index (χ3v) is 8.07. The van der Waals surface area contributed by atoms with E-state index >= 15 is 0 Å². The molecule has 5 rings (SSSR count). The van der Waals surface area contributed by atoms with Gasteiger partial charge in [0.2, 0.25) is 5.91 Å². The summed E-state index contributed by atoms with van der Waals surface area (Å²) in [5, 5.41) is 13.0. The van der Waals surface area contributed by atoms with E-state index in [2.05, 4.69) is 30.9 Å². The SMILES string of the molecule is CCn1nc(-c2cccc(-c3ccc(CC(=O)NCCCN4CCOCC4)cc3)c2)cc(NC(=O)Nc2c(Cl)cncc2Cl)c1=O. The molecule has 1 saturated heterocycles. The zero-order valence-corrected chi connectivity index (χ0v) is 26.9. The van der Waals surface area contributed by atoms with Crippen molar-refractivity contribution in [3.05, 3.63) is 93.0 Å². The maximum Gasteiger partial charge on any atom is 0.323 e. The van der Waals surface area contributed by atoms with Crippen LogP contribution < -0.4 is 21.5 Å². The Labute approximate surface area is 276 Å². The third-order valence-electron chi connectivity index (χ3n) is 7.50. The summed E-state index contributed by atoms with van der Waals surface area (Å²) in [7, 11) is 0. The maximum absolute atomic E-state index is 13.0. The minimum Gasteiger partial charge on any atom is -0.379 e. The molecule has 4 aromatic rings. The number of pyridine rings is 1. The van der Waals surface area contributed by atoms with Crippen LogP contribution in [0.5, 0.6) is 0 Å². The van der Waals surface area contributed by atoms with Crippen LogP contribution in [0.3, 0.4) is 0 Å². The topological polar surface area (TPSA) is 130 Å². The zero-order chi connectivity index (χ0) is 32.5. The Morgan fingerprint density at radius 3 is 2.37 bits per heavy atom. The van der Waals surface area contributed by atoms with Crippen LogP contribution in [0.2, 0.25) is 10.0 Å². The minimum atomic E-state index is -0.692. The molecule has 11 nitrogen and oxygen atoms in total. The first-order chi connectivity index (χ1) is 22.3. The lowest BCUT2D eigenvalue weighted by Crippen LogP contribution is -2.38. The van der Waals surface area contributed by atoms with Gasteiger partial charge in [0.05, 0.1) is 41.1 Å². The van der Waals surface area contributed by atoms with E-state index in [9.17, 15) is 14.4 Å². The Hall–Kier alpha value is -4.29. The van der Waals surface area contributed by atoms with E-state index in [0.717, 1.165) is 61.5 Å². The van der Waals surface area contributed by atoms with Gasteiger partial charge in [0.15, 0.2) is 0 Å². The lowest BCUT2D eigenvalue weighted by atomic mass is 9.99. The molecule has 2 aromatic heterocycles. The predicted octanol–water partition coefficient (Wildman–Crippen LogP) is 5.32. The van der Waals surface area contributed by atoms with Gasteiger partial charge in [-0.1, -0.05) is 65.7 Å². The van der Waals surface area contributed by atoms with Crippen molar-refractivity contribution in [2.24, 2.45) is 0 Å². The van der Waals surface area contributed by atoms with Gasteiger partial charge in [-0.15, -0.1) is 0 Å². The molecule has 0 aliphatic carbocycles. The van der Waals surface area contributed by atoms with Crippen molar-refractivity contribution in [3.63, 3.8) is 0 Å². The quantitative estimate of drug-likeness (QED) is 0.185. The van der Waals surface area contributed by atoms with Gasteiger partial charge in [-0.25, -0.2) is 9.48 Å². The molecule has 3 amide bonds. The molecular weight excluding hydrogens is 629 g/mol. The summed E-state index contributed by atoms with van der Waals surface area (Å²) < 4.78 is 6.66. The molecule has 3 N–H and O–H groups in total. The summed E-state index contributed by atoms with van der Waals surface area (Å²) in [5.74, 6) is -0.00100. The molecule has 0 spiro atoms. The molecule has 1 aliphatic rings. The molecule has 13 heteroatoms. The van der Waals surface area contributed by atoms with Crippen molar-refractivity contribution >= 4 is 46.5 Å². The number of hydrogen-bond donors (Lipinski definition) is 3. The fourth-order valence-corrected chi connectivity index (χ4v) is 5.52. The van der Waals surface area contributed by atoms with Gasteiger partial charge >= 0.3 is 6.03 Å². The Kier molecular flexibility index (Phi) is 11.4. The summed E-state index contributed by atoms with van der Waals surface area (Å²) in [6.07, 6.45) is 3.92. The van der Waals surface area contributed by atoms with Crippen LogP contribution >= 0.6 is 23.2 Å². The molecular formula is C33H35Cl2N7O4. The fourth-order valence-electron chi connectivity index (χ4n) is 5.06. The van der Waals surface area contributed by atoms with E-state index in [0.29, 0.717) is 25.2 Å². The highest BCUT2D eigenvalue weighted by Gasteiger charge is 2.16. The van der Waals surface area contributed by atoms with Crippen molar-refractivity contribution in [3.8, 4) is 22.4 Å². The van der Waals surface area contributed by atoms with Crippen molar-refractivity contribution in [1.29, 1.82) is 0 Å². The third kappa shape index (κ3) is 8.70. The van der Waals surface area contributed by atoms with E-state index in [1.807, 2.05) is 48.5 Å². The number of carbonyl (C=O) groups is 2. The Bertz CT molecular complexity index is 1720. The van der Waals surface area contributed by atoms with E-state index in [-0.39, 0.29) is 27.3 Å². The van der Waals surface area contributed by atoms with E-state index in [4.69, 9.17) is 27.9 Å². The fraction of sp³-hybridized carbons (Fsp3) is 0.303. The van der Waals surface area contributed by atoms with E-state index in [1.165, 1.54) is 23.1 Å². The van der Waals surface area contributed by atoms with Crippen LogP contribution in [0, 0.1) is 0 Å².